The van der Waals surface area contributed by atoms with E-state index in [1.807, 2.05) is 45.0 Å². The fourth-order valence-corrected chi connectivity index (χ4v) is 5.36. The lowest BCUT2D eigenvalue weighted by atomic mass is 9.81. The second-order valence-corrected chi connectivity index (χ2v) is 12.2. The van der Waals surface area contributed by atoms with Crippen molar-refractivity contribution in [2.75, 3.05) is 11.9 Å². The Bertz CT molecular complexity index is 1420. The van der Waals surface area contributed by atoms with Crippen molar-refractivity contribution in [1.29, 1.82) is 0 Å². The van der Waals surface area contributed by atoms with Gasteiger partial charge in [0.25, 0.3) is 0 Å². The number of ether oxygens (including phenoxy) is 1. The van der Waals surface area contributed by atoms with Gasteiger partial charge in [-0.15, -0.1) is 0 Å². The molecular formula is C29H36BrN5O5. The number of fused-ring (bicyclic) bond motifs is 1. The van der Waals surface area contributed by atoms with Crippen LogP contribution in [-0.2, 0) is 20.7 Å². The molecule has 40 heavy (non-hydrogen) atoms. The third-order valence-electron chi connectivity index (χ3n) is 6.90. The first-order valence-electron chi connectivity index (χ1n) is 13.5. The molecule has 0 spiro atoms. The van der Waals surface area contributed by atoms with E-state index in [2.05, 4.69) is 41.8 Å². The van der Waals surface area contributed by atoms with Gasteiger partial charge in [0.05, 0.1) is 11.0 Å². The zero-order valence-corrected chi connectivity index (χ0v) is 24.5. The Balaban J connectivity index is 1.37. The Morgan fingerprint density at radius 2 is 1.75 bits per heavy atom. The molecule has 1 aromatic heterocycles. The molecule has 1 aliphatic carbocycles. The summed E-state index contributed by atoms with van der Waals surface area (Å²) in [5.41, 5.74) is 1.75. The van der Waals surface area contributed by atoms with Crippen LogP contribution < -0.4 is 21.6 Å². The highest BCUT2D eigenvalue weighted by Gasteiger charge is 2.30. The molecule has 0 radical (unpaired) electrons. The molecule has 0 bridgehead atoms. The van der Waals surface area contributed by atoms with Crippen molar-refractivity contribution < 1.29 is 19.1 Å². The monoisotopic (exact) mass is 613 g/mol. The van der Waals surface area contributed by atoms with Crippen molar-refractivity contribution in [3.63, 3.8) is 0 Å². The van der Waals surface area contributed by atoms with E-state index in [4.69, 9.17) is 4.74 Å². The van der Waals surface area contributed by atoms with Crippen molar-refractivity contribution in [3.8, 4) is 0 Å². The second-order valence-electron chi connectivity index (χ2n) is 11.3. The smallest absolute Gasteiger partial charge is 0.407 e. The molecule has 3 amide bonds. The molecule has 2 aromatic carbocycles. The molecule has 3 aromatic rings. The number of benzene rings is 2. The lowest BCUT2D eigenvalue weighted by Crippen LogP contribution is -2.48. The van der Waals surface area contributed by atoms with E-state index in [0.29, 0.717) is 42.5 Å². The summed E-state index contributed by atoms with van der Waals surface area (Å²) in [7, 11) is 0. The van der Waals surface area contributed by atoms with Gasteiger partial charge in [-0.25, -0.2) is 9.59 Å². The maximum absolute atomic E-state index is 13.4. The van der Waals surface area contributed by atoms with E-state index in [0.717, 1.165) is 22.9 Å². The summed E-state index contributed by atoms with van der Waals surface area (Å²) in [4.78, 5) is 55.6. The van der Waals surface area contributed by atoms with E-state index in [9.17, 15) is 19.2 Å². The molecule has 0 saturated heterocycles. The molecule has 4 rings (SSSR count). The number of halogens is 1. The fraction of sp³-hybridized carbons (Fsp3) is 0.448. The van der Waals surface area contributed by atoms with E-state index >= 15 is 0 Å². The van der Waals surface area contributed by atoms with Crippen LogP contribution in [-0.4, -0.2) is 46.1 Å². The van der Waals surface area contributed by atoms with Gasteiger partial charge < -0.3 is 30.7 Å². The van der Waals surface area contributed by atoms with Gasteiger partial charge in [0.1, 0.15) is 11.6 Å². The summed E-state index contributed by atoms with van der Waals surface area (Å²) in [6.07, 6.45) is 2.83. The van der Waals surface area contributed by atoms with Crippen LogP contribution in [0.1, 0.15) is 52.0 Å². The fourth-order valence-electron chi connectivity index (χ4n) is 4.91. The molecule has 10 nitrogen and oxygen atoms in total. The van der Waals surface area contributed by atoms with Gasteiger partial charge in [0, 0.05) is 29.0 Å². The summed E-state index contributed by atoms with van der Waals surface area (Å²) in [6, 6.07) is 11.9. The predicted octanol–water partition coefficient (Wildman–Crippen LogP) is 4.62. The first-order chi connectivity index (χ1) is 18.9. The highest BCUT2D eigenvalue weighted by Crippen LogP contribution is 2.29. The normalized spacial score (nSPS) is 18.1. The van der Waals surface area contributed by atoms with Crippen molar-refractivity contribution in [2.24, 2.45) is 11.8 Å². The first kappa shape index (κ1) is 29.4. The Hall–Kier alpha value is -3.60. The largest absolute Gasteiger partial charge is 0.444 e. The number of aromatic nitrogens is 2. The maximum atomic E-state index is 13.4. The lowest BCUT2D eigenvalue weighted by Gasteiger charge is -2.29. The molecule has 1 fully saturated rings. The number of aromatic amines is 2. The summed E-state index contributed by atoms with van der Waals surface area (Å²) in [6.45, 7) is 5.98. The molecular weight excluding hydrogens is 578 g/mol. The number of anilines is 1. The van der Waals surface area contributed by atoms with E-state index < -0.39 is 17.7 Å². The minimum Gasteiger partial charge on any atom is -0.444 e. The number of imidazole rings is 1. The van der Waals surface area contributed by atoms with Crippen molar-refractivity contribution >= 4 is 50.6 Å². The third-order valence-corrected chi connectivity index (χ3v) is 7.39. The number of amides is 3. The zero-order chi connectivity index (χ0) is 28.9. The number of H-pyrrole nitrogens is 2. The quantitative estimate of drug-likeness (QED) is 0.252. The lowest BCUT2D eigenvalue weighted by molar-refractivity contribution is -0.130. The molecule has 214 valence electrons. The molecule has 1 unspecified atom stereocenters. The number of rotatable bonds is 8. The minimum atomic E-state index is -0.797. The number of hydrogen-bond acceptors (Lipinski definition) is 5. The van der Waals surface area contributed by atoms with Crippen LogP contribution in [0.2, 0.25) is 0 Å². The predicted molar refractivity (Wildman–Crippen MR) is 157 cm³/mol. The number of carbonyl (C=O) groups excluding carboxylic acids is 3. The number of alkyl carbamates (subject to hydrolysis) is 1. The molecule has 1 heterocycles. The average molecular weight is 615 g/mol. The van der Waals surface area contributed by atoms with Gasteiger partial charge in [-0.05, 0) is 88.3 Å². The standard InChI is InChI=1S/C29H36BrN5O5/c1-29(2,3)40-28(39)31-16-17-7-9-19(10-8-17)25(36)33-24(14-18-5-4-6-20(30)13-18)26(37)32-21-11-12-22-23(15-21)35-27(38)34-22/h4-6,11-13,15,17,19,24H,7-10,14,16H2,1-3H3,(H,31,39)(H,32,37)(H,33,36)(H2,34,35,38). The molecule has 1 aliphatic rings. The van der Waals surface area contributed by atoms with Gasteiger partial charge in [-0.2, -0.15) is 0 Å². The van der Waals surface area contributed by atoms with Crippen LogP contribution in [0.5, 0.6) is 0 Å². The average Bonchev–Trinajstić information content (AvgIpc) is 3.25. The van der Waals surface area contributed by atoms with Crippen LogP contribution in [0.3, 0.4) is 0 Å². The molecule has 11 heteroatoms. The van der Waals surface area contributed by atoms with Gasteiger partial charge in [-0.3, -0.25) is 9.59 Å². The van der Waals surface area contributed by atoms with Crippen molar-refractivity contribution in [1.82, 2.24) is 20.6 Å². The minimum absolute atomic E-state index is 0.154. The SMILES string of the molecule is CC(C)(C)OC(=O)NCC1CCC(C(=O)NC(Cc2cccc(Br)c2)C(=O)Nc2ccc3[nH]c(=O)[nH]c3c2)CC1. The van der Waals surface area contributed by atoms with Gasteiger partial charge in [-0.1, -0.05) is 28.1 Å². The van der Waals surface area contributed by atoms with Gasteiger partial charge >= 0.3 is 11.8 Å². The van der Waals surface area contributed by atoms with E-state index in [-0.39, 0.29) is 29.3 Å². The molecule has 1 atom stereocenters. The second kappa shape index (κ2) is 12.7. The number of carbonyl (C=O) groups is 3. The van der Waals surface area contributed by atoms with Crippen LogP contribution in [0.15, 0.2) is 51.7 Å². The molecule has 1 saturated carbocycles. The zero-order valence-electron chi connectivity index (χ0n) is 22.9. The Labute approximate surface area is 241 Å². The van der Waals surface area contributed by atoms with Crippen molar-refractivity contribution in [2.45, 2.75) is 64.5 Å². The summed E-state index contributed by atoms with van der Waals surface area (Å²) < 4.78 is 6.19. The number of nitrogens with one attached hydrogen (secondary N) is 5. The topological polar surface area (TPSA) is 145 Å². The van der Waals surface area contributed by atoms with Gasteiger partial charge in [0.2, 0.25) is 11.8 Å². The summed E-state index contributed by atoms with van der Waals surface area (Å²) >= 11 is 3.47. The molecule has 5 N–H and O–H groups in total. The van der Waals surface area contributed by atoms with Gasteiger partial charge in [0.15, 0.2) is 0 Å². The van der Waals surface area contributed by atoms with E-state index in [1.165, 1.54) is 0 Å². The van der Waals surface area contributed by atoms with Crippen LogP contribution in [0, 0.1) is 11.8 Å². The first-order valence-corrected chi connectivity index (χ1v) is 14.3. The molecule has 0 aliphatic heterocycles. The Kier molecular flexibility index (Phi) is 9.34. The maximum Gasteiger partial charge on any atom is 0.407 e. The summed E-state index contributed by atoms with van der Waals surface area (Å²) in [5, 5.41) is 8.70. The Morgan fingerprint density at radius 3 is 2.45 bits per heavy atom. The van der Waals surface area contributed by atoms with Crippen LogP contribution in [0.4, 0.5) is 10.5 Å². The van der Waals surface area contributed by atoms with Crippen LogP contribution in [0.25, 0.3) is 11.0 Å². The Morgan fingerprint density at radius 1 is 1.02 bits per heavy atom. The highest BCUT2D eigenvalue weighted by atomic mass is 79.9. The van der Waals surface area contributed by atoms with E-state index in [1.54, 1.807) is 18.2 Å². The van der Waals surface area contributed by atoms with Crippen LogP contribution >= 0.6 is 15.9 Å². The van der Waals surface area contributed by atoms with Crippen molar-refractivity contribution in [3.05, 3.63) is 63.0 Å². The number of hydrogen-bond donors (Lipinski definition) is 5. The summed E-state index contributed by atoms with van der Waals surface area (Å²) in [5.74, 6) is -0.441. The third kappa shape index (κ3) is 8.45. The highest BCUT2D eigenvalue weighted by molar-refractivity contribution is 9.10.